The second-order valence-electron chi connectivity index (χ2n) is 5.52. The maximum atomic E-state index is 11.2. The zero-order chi connectivity index (χ0) is 15.1. The van der Waals surface area contributed by atoms with E-state index in [2.05, 4.69) is 10.4 Å². The van der Waals surface area contributed by atoms with Gasteiger partial charge in [0.1, 0.15) is 5.69 Å². The van der Waals surface area contributed by atoms with E-state index in [4.69, 9.17) is 5.11 Å². The van der Waals surface area contributed by atoms with Gasteiger partial charge in [-0.3, -0.25) is 14.9 Å². The van der Waals surface area contributed by atoms with Crippen LogP contribution in [0.25, 0.3) is 0 Å². The van der Waals surface area contributed by atoms with Gasteiger partial charge in [0, 0.05) is 12.6 Å². The summed E-state index contributed by atoms with van der Waals surface area (Å²) in [4.78, 5) is 21.8. The minimum atomic E-state index is -0.861. The third-order valence-corrected chi connectivity index (χ3v) is 3.63. The van der Waals surface area contributed by atoms with Gasteiger partial charge in [0.05, 0.1) is 10.3 Å². The first-order chi connectivity index (χ1) is 9.28. The van der Waals surface area contributed by atoms with Gasteiger partial charge in [0.15, 0.2) is 0 Å². The van der Waals surface area contributed by atoms with Crippen LogP contribution in [-0.2, 0) is 4.79 Å². The van der Waals surface area contributed by atoms with Crippen LogP contribution in [0, 0.1) is 22.5 Å². The van der Waals surface area contributed by atoms with Gasteiger partial charge >= 0.3 is 11.7 Å². The van der Waals surface area contributed by atoms with Gasteiger partial charge in [-0.1, -0.05) is 0 Å². The van der Waals surface area contributed by atoms with Gasteiger partial charge in [-0.25, -0.2) is 4.68 Å². The Morgan fingerprint density at radius 3 is 2.60 bits per heavy atom. The van der Waals surface area contributed by atoms with Gasteiger partial charge < -0.3 is 10.4 Å². The Balaban J connectivity index is 2.30. The van der Waals surface area contributed by atoms with Gasteiger partial charge in [-0.2, -0.15) is 5.10 Å². The molecular weight excluding hydrogens is 264 g/mol. The molecule has 0 radical (unpaired) electrons. The smallest absolute Gasteiger partial charge is 0.333 e. The SMILES string of the molecule is Cc1nn(C(C)C)c(NCC2(C(=O)O)CC2)c1[N+](=O)[O-]. The quantitative estimate of drug-likeness (QED) is 0.609. The molecule has 1 heterocycles. The normalized spacial score (nSPS) is 16.2. The van der Waals surface area contributed by atoms with Crippen molar-refractivity contribution < 1.29 is 14.8 Å². The van der Waals surface area contributed by atoms with Crippen molar-refractivity contribution in [3.8, 4) is 0 Å². The number of rotatable bonds is 6. The van der Waals surface area contributed by atoms with E-state index in [0.717, 1.165) is 0 Å². The molecule has 110 valence electrons. The summed E-state index contributed by atoms with van der Waals surface area (Å²) in [7, 11) is 0. The fourth-order valence-corrected chi connectivity index (χ4v) is 2.17. The van der Waals surface area contributed by atoms with Crippen LogP contribution in [0.4, 0.5) is 11.5 Å². The highest BCUT2D eigenvalue weighted by Crippen LogP contribution is 2.46. The van der Waals surface area contributed by atoms with Crippen molar-refractivity contribution in [1.82, 2.24) is 9.78 Å². The number of hydrogen-bond donors (Lipinski definition) is 2. The summed E-state index contributed by atoms with van der Waals surface area (Å²) in [5, 5.41) is 27.4. The molecule has 0 aliphatic heterocycles. The van der Waals surface area contributed by atoms with Crippen LogP contribution in [0.5, 0.6) is 0 Å². The Hall–Kier alpha value is -2.12. The molecule has 0 aromatic carbocycles. The van der Waals surface area contributed by atoms with Crippen molar-refractivity contribution >= 4 is 17.5 Å². The van der Waals surface area contributed by atoms with Gasteiger partial charge in [-0.15, -0.1) is 0 Å². The predicted octanol–water partition coefficient (Wildman–Crippen LogP) is 1.96. The molecule has 0 spiro atoms. The fourth-order valence-electron chi connectivity index (χ4n) is 2.17. The minimum Gasteiger partial charge on any atom is -0.481 e. The molecule has 1 aliphatic carbocycles. The molecule has 2 rings (SSSR count). The molecule has 1 aromatic rings. The number of anilines is 1. The van der Waals surface area contributed by atoms with Crippen molar-refractivity contribution in [1.29, 1.82) is 0 Å². The van der Waals surface area contributed by atoms with Crippen molar-refractivity contribution in [2.75, 3.05) is 11.9 Å². The number of aryl methyl sites for hydroxylation is 1. The highest BCUT2D eigenvalue weighted by atomic mass is 16.6. The maximum Gasteiger partial charge on any atom is 0.333 e. The van der Waals surface area contributed by atoms with E-state index in [0.29, 0.717) is 18.5 Å². The zero-order valence-corrected chi connectivity index (χ0v) is 11.7. The second-order valence-corrected chi connectivity index (χ2v) is 5.52. The maximum absolute atomic E-state index is 11.2. The van der Waals surface area contributed by atoms with Gasteiger partial charge in [0.25, 0.3) is 0 Å². The van der Waals surface area contributed by atoms with E-state index in [9.17, 15) is 14.9 Å². The summed E-state index contributed by atoms with van der Waals surface area (Å²) in [6.45, 7) is 5.49. The summed E-state index contributed by atoms with van der Waals surface area (Å²) in [6.07, 6.45) is 1.19. The number of carboxylic acids is 1. The van der Waals surface area contributed by atoms with Crippen LogP contribution in [0.2, 0.25) is 0 Å². The Labute approximate surface area is 115 Å². The standard InChI is InChI=1S/C12H18N4O4/c1-7(2)15-10(9(16(19)20)8(3)14-15)13-6-12(4-5-12)11(17)18/h7,13H,4-6H2,1-3H3,(H,17,18). The van der Waals surface area contributed by atoms with Gasteiger partial charge in [0.2, 0.25) is 5.82 Å². The lowest BCUT2D eigenvalue weighted by atomic mass is 10.1. The second kappa shape index (κ2) is 4.77. The van der Waals surface area contributed by atoms with E-state index in [-0.39, 0.29) is 24.1 Å². The first-order valence-electron chi connectivity index (χ1n) is 6.49. The van der Waals surface area contributed by atoms with Crippen LogP contribution in [-0.4, -0.2) is 32.3 Å². The largest absolute Gasteiger partial charge is 0.481 e. The molecule has 0 amide bonds. The Morgan fingerprint density at radius 2 is 2.20 bits per heavy atom. The van der Waals surface area contributed by atoms with Crippen LogP contribution in [0.15, 0.2) is 0 Å². The lowest BCUT2D eigenvalue weighted by Gasteiger charge is -2.15. The molecule has 0 unspecified atom stereocenters. The van der Waals surface area contributed by atoms with Crippen molar-refractivity contribution in [3.05, 3.63) is 15.8 Å². The zero-order valence-electron chi connectivity index (χ0n) is 11.7. The highest BCUT2D eigenvalue weighted by molar-refractivity contribution is 5.79. The molecular formula is C12H18N4O4. The molecule has 1 aliphatic rings. The molecule has 1 fully saturated rings. The first kappa shape index (κ1) is 14.3. The van der Waals surface area contributed by atoms with Crippen LogP contribution >= 0.6 is 0 Å². The Kier molecular flexibility index (Phi) is 3.41. The Morgan fingerprint density at radius 1 is 1.60 bits per heavy atom. The summed E-state index contributed by atoms with van der Waals surface area (Å²) in [6, 6.07) is -0.0510. The fraction of sp³-hybridized carbons (Fsp3) is 0.667. The van der Waals surface area contributed by atoms with E-state index in [1.54, 1.807) is 6.92 Å². The number of nitrogens with zero attached hydrogens (tertiary/aromatic N) is 3. The molecule has 0 saturated heterocycles. The summed E-state index contributed by atoms with van der Waals surface area (Å²) >= 11 is 0. The monoisotopic (exact) mass is 282 g/mol. The van der Waals surface area contributed by atoms with E-state index < -0.39 is 16.3 Å². The highest BCUT2D eigenvalue weighted by Gasteiger charge is 2.50. The minimum absolute atomic E-state index is 0.0510. The molecule has 1 aromatic heterocycles. The van der Waals surface area contributed by atoms with Crippen LogP contribution in [0.1, 0.15) is 38.4 Å². The lowest BCUT2D eigenvalue weighted by molar-refractivity contribution is -0.384. The predicted molar refractivity (Wildman–Crippen MR) is 71.8 cm³/mol. The molecule has 2 N–H and O–H groups in total. The van der Waals surface area contributed by atoms with Crippen LogP contribution < -0.4 is 5.32 Å². The third-order valence-electron chi connectivity index (χ3n) is 3.63. The van der Waals surface area contributed by atoms with Crippen molar-refractivity contribution in [3.63, 3.8) is 0 Å². The number of carboxylic acid groups (broad SMARTS) is 1. The topological polar surface area (TPSA) is 110 Å². The number of nitro groups is 1. The van der Waals surface area contributed by atoms with Crippen molar-refractivity contribution in [2.24, 2.45) is 5.41 Å². The lowest BCUT2D eigenvalue weighted by Crippen LogP contribution is -2.25. The summed E-state index contributed by atoms with van der Waals surface area (Å²) in [5.41, 5.74) is -0.542. The number of hydrogen-bond acceptors (Lipinski definition) is 5. The molecule has 1 saturated carbocycles. The van der Waals surface area contributed by atoms with E-state index in [1.165, 1.54) is 4.68 Å². The molecule has 0 bridgehead atoms. The first-order valence-corrected chi connectivity index (χ1v) is 6.49. The molecule has 8 nitrogen and oxygen atoms in total. The molecule has 0 atom stereocenters. The average molecular weight is 282 g/mol. The summed E-state index contributed by atoms with van der Waals surface area (Å²) < 4.78 is 1.53. The average Bonchev–Trinajstić information content (AvgIpc) is 3.05. The number of carbonyl (C=O) groups is 1. The van der Waals surface area contributed by atoms with E-state index in [1.807, 2.05) is 13.8 Å². The number of aliphatic carboxylic acids is 1. The molecule has 8 heteroatoms. The Bertz CT molecular complexity index is 560. The van der Waals surface area contributed by atoms with Gasteiger partial charge in [-0.05, 0) is 33.6 Å². The number of nitrogens with one attached hydrogen (secondary N) is 1. The summed E-state index contributed by atoms with van der Waals surface area (Å²) in [5.74, 6) is -0.574. The van der Waals surface area contributed by atoms with E-state index >= 15 is 0 Å². The molecule has 20 heavy (non-hydrogen) atoms. The van der Waals surface area contributed by atoms with Crippen LogP contribution in [0.3, 0.4) is 0 Å². The van der Waals surface area contributed by atoms with Crippen molar-refractivity contribution in [2.45, 2.75) is 39.7 Å². The third kappa shape index (κ3) is 2.33. The number of aromatic nitrogens is 2.